The molecule has 1 saturated heterocycles. The first kappa shape index (κ1) is 14.8. The molecule has 0 bridgehead atoms. The molecule has 0 radical (unpaired) electrons. The Morgan fingerprint density at radius 2 is 2.10 bits per heavy atom. The van der Waals surface area contributed by atoms with Crippen LogP contribution in [0.15, 0.2) is 6.07 Å². The van der Waals surface area contributed by atoms with Crippen LogP contribution in [0.25, 0.3) is 0 Å². The quantitative estimate of drug-likeness (QED) is 0.855. The van der Waals surface area contributed by atoms with Crippen molar-refractivity contribution in [3.8, 4) is 0 Å². The average molecular weight is 305 g/mol. The molecular formula is C17H23NO2S. The Morgan fingerprint density at radius 3 is 2.86 bits per heavy atom. The van der Waals surface area contributed by atoms with Crippen LogP contribution >= 0.6 is 11.3 Å². The van der Waals surface area contributed by atoms with Crippen molar-refractivity contribution < 1.29 is 9.59 Å². The van der Waals surface area contributed by atoms with Crippen molar-refractivity contribution in [2.24, 2.45) is 0 Å². The number of fused-ring (bicyclic) bond motifs is 1. The lowest BCUT2D eigenvalue weighted by Crippen LogP contribution is -2.40. The van der Waals surface area contributed by atoms with E-state index in [9.17, 15) is 9.59 Å². The third-order valence-corrected chi connectivity index (χ3v) is 5.84. The molecule has 0 spiro atoms. The second-order valence-corrected chi connectivity index (χ2v) is 7.46. The Hall–Kier alpha value is -1.16. The van der Waals surface area contributed by atoms with E-state index < -0.39 is 0 Å². The predicted octanol–water partition coefficient (Wildman–Crippen LogP) is 3.60. The van der Waals surface area contributed by atoms with Crippen LogP contribution in [-0.4, -0.2) is 29.2 Å². The van der Waals surface area contributed by atoms with Gasteiger partial charge in [-0.25, -0.2) is 0 Å². The van der Waals surface area contributed by atoms with E-state index in [0.717, 1.165) is 43.5 Å². The second-order valence-electron chi connectivity index (χ2n) is 6.32. The minimum Gasteiger partial charge on any atom is -0.335 e. The molecule has 1 fully saturated rings. The number of carbonyl (C=O) groups excluding carboxylic acids is 2. The first-order chi connectivity index (χ1) is 10.1. The molecule has 1 amide bonds. The zero-order valence-corrected chi connectivity index (χ0v) is 13.5. The Kier molecular flexibility index (Phi) is 4.43. The lowest BCUT2D eigenvalue weighted by molar-refractivity contribution is -0.118. The van der Waals surface area contributed by atoms with Crippen LogP contribution in [0.1, 0.15) is 65.6 Å². The minimum absolute atomic E-state index is 0.106. The number of thiophene rings is 1. The van der Waals surface area contributed by atoms with Crippen LogP contribution in [0.3, 0.4) is 0 Å². The van der Waals surface area contributed by atoms with E-state index in [0.29, 0.717) is 6.42 Å². The van der Waals surface area contributed by atoms with Crippen LogP contribution in [0.4, 0.5) is 0 Å². The van der Waals surface area contributed by atoms with Crippen LogP contribution in [0.5, 0.6) is 0 Å². The van der Waals surface area contributed by atoms with Crippen molar-refractivity contribution in [2.45, 2.75) is 64.3 Å². The van der Waals surface area contributed by atoms with Crippen LogP contribution in [0.2, 0.25) is 0 Å². The van der Waals surface area contributed by atoms with Gasteiger partial charge in [0.05, 0.1) is 4.88 Å². The molecule has 1 aromatic rings. The largest absolute Gasteiger partial charge is 0.335 e. The SMILES string of the molecule is CC(=O)CC1CCCCCN1C(=O)c1cc2c(s1)CCC2. The van der Waals surface area contributed by atoms with Gasteiger partial charge in [0.15, 0.2) is 0 Å². The second kappa shape index (κ2) is 6.30. The van der Waals surface area contributed by atoms with Crippen molar-refractivity contribution in [1.29, 1.82) is 0 Å². The van der Waals surface area contributed by atoms with Gasteiger partial charge in [-0.3, -0.25) is 9.59 Å². The van der Waals surface area contributed by atoms with Crippen molar-refractivity contribution >= 4 is 23.0 Å². The smallest absolute Gasteiger partial charge is 0.264 e. The summed E-state index contributed by atoms with van der Waals surface area (Å²) in [5, 5.41) is 0. The monoisotopic (exact) mass is 305 g/mol. The summed E-state index contributed by atoms with van der Waals surface area (Å²) in [6, 6.07) is 2.21. The van der Waals surface area contributed by atoms with E-state index in [2.05, 4.69) is 6.07 Å². The number of amides is 1. The van der Waals surface area contributed by atoms with Crippen molar-refractivity contribution in [3.63, 3.8) is 0 Å². The van der Waals surface area contributed by atoms with E-state index in [1.807, 2.05) is 4.90 Å². The van der Waals surface area contributed by atoms with Gasteiger partial charge in [0.25, 0.3) is 5.91 Å². The fourth-order valence-corrected chi connectivity index (χ4v) is 4.77. The summed E-state index contributed by atoms with van der Waals surface area (Å²) in [6.07, 6.45) is 8.31. The summed E-state index contributed by atoms with van der Waals surface area (Å²) in [4.78, 5) is 28.6. The highest BCUT2D eigenvalue weighted by molar-refractivity contribution is 7.14. The van der Waals surface area contributed by atoms with Gasteiger partial charge in [0.1, 0.15) is 5.78 Å². The number of Topliss-reactive ketones (excluding diaryl/α,β-unsaturated/α-hetero) is 1. The van der Waals surface area contributed by atoms with Gasteiger partial charge in [-0.1, -0.05) is 12.8 Å². The summed E-state index contributed by atoms with van der Waals surface area (Å²) in [5.41, 5.74) is 1.38. The Labute approximate surface area is 130 Å². The van der Waals surface area contributed by atoms with Crippen molar-refractivity contribution in [3.05, 3.63) is 21.4 Å². The number of aryl methyl sites for hydroxylation is 2. The minimum atomic E-state index is 0.106. The molecule has 4 heteroatoms. The van der Waals surface area contributed by atoms with Crippen LogP contribution < -0.4 is 0 Å². The molecule has 3 nitrogen and oxygen atoms in total. The van der Waals surface area contributed by atoms with Gasteiger partial charge in [0.2, 0.25) is 0 Å². The summed E-state index contributed by atoms with van der Waals surface area (Å²) in [6.45, 7) is 2.44. The fourth-order valence-electron chi connectivity index (χ4n) is 3.56. The van der Waals surface area contributed by atoms with Gasteiger partial charge >= 0.3 is 0 Å². The summed E-state index contributed by atoms with van der Waals surface area (Å²) >= 11 is 1.68. The maximum atomic E-state index is 12.9. The average Bonchev–Trinajstić information content (AvgIpc) is 2.94. The molecule has 1 aliphatic heterocycles. The molecule has 2 aliphatic rings. The summed E-state index contributed by atoms with van der Waals surface area (Å²) < 4.78 is 0. The van der Waals surface area contributed by atoms with Crippen molar-refractivity contribution in [2.75, 3.05) is 6.54 Å². The van der Waals surface area contributed by atoms with Crippen molar-refractivity contribution in [1.82, 2.24) is 4.90 Å². The number of carbonyl (C=O) groups is 2. The molecule has 3 rings (SSSR count). The maximum absolute atomic E-state index is 12.9. The van der Waals surface area contributed by atoms with E-state index in [1.165, 1.54) is 23.3 Å². The molecule has 0 N–H and O–H groups in total. The topological polar surface area (TPSA) is 37.4 Å². The lowest BCUT2D eigenvalue weighted by Gasteiger charge is -2.29. The molecule has 0 saturated carbocycles. The van der Waals surface area contributed by atoms with Gasteiger partial charge in [-0.15, -0.1) is 11.3 Å². The zero-order chi connectivity index (χ0) is 14.8. The Balaban J connectivity index is 1.80. The highest BCUT2D eigenvalue weighted by atomic mass is 32.1. The molecular weight excluding hydrogens is 282 g/mol. The molecule has 1 aliphatic carbocycles. The number of likely N-dealkylation sites (tertiary alicyclic amines) is 1. The molecule has 114 valence electrons. The number of nitrogens with zero attached hydrogens (tertiary/aromatic N) is 1. The first-order valence-corrected chi connectivity index (χ1v) is 8.89. The van der Waals surface area contributed by atoms with Gasteiger partial charge in [0, 0.05) is 23.9 Å². The molecule has 1 aromatic heterocycles. The Morgan fingerprint density at radius 1 is 1.24 bits per heavy atom. The predicted molar refractivity (Wildman–Crippen MR) is 84.9 cm³/mol. The number of hydrogen-bond donors (Lipinski definition) is 0. The standard InChI is InChI=1S/C17H23NO2S/c1-12(19)10-14-7-3-2-4-9-18(14)17(20)16-11-13-6-5-8-15(13)21-16/h11,14H,2-10H2,1H3. The molecule has 1 unspecified atom stereocenters. The zero-order valence-electron chi connectivity index (χ0n) is 12.7. The molecule has 0 aromatic carbocycles. The highest BCUT2D eigenvalue weighted by Crippen LogP contribution is 2.32. The molecule has 21 heavy (non-hydrogen) atoms. The van der Waals surface area contributed by atoms with E-state index >= 15 is 0 Å². The van der Waals surface area contributed by atoms with E-state index in [1.54, 1.807) is 18.3 Å². The van der Waals surface area contributed by atoms with Gasteiger partial charge in [-0.05, 0) is 50.7 Å². The van der Waals surface area contributed by atoms with Gasteiger partial charge < -0.3 is 4.90 Å². The number of hydrogen-bond acceptors (Lipinski definition) is 3. The fraction of sp³-hybridized carbons (Fsp3) is 0.647. The third-order valence-electron chi connectivity index (χ3n) is 4.62. The third kappa shape index (κ3) is 3.20. The van der Waals surface area contributed by atoms with Crippen LogP contribution in [-0.2, 0) is 17.6 Å². The number of rotatable bonds is 3. The van der Waals surface area contributed by atoms with E-state index in [4.69, 9.17) is 0 Å². The molecule has 1 atom stereocenters. The summed E-state index contributed by atoms with van der Waals surface area (Å²) in [7, 11) is 0. The van der Waals surface area contributed by atoms with E-state index in [-0.39, 0.29) is 17.7 Å². The number of ketones is 1. The summed E-state index contributed by atoms with van der Waals surface area (Å²) in [5.74, 6) is 0.343. The molecule has 2 heterocycles. The first-order valence-electron chi connectivity index (χ1n) is 8.07. The normalized spacial score (nSPS) is 22.0. The maximum Gasteiger partial charge on any atom is 0.264 e. The van der Waals surface area contributed by atoms with Gasteiger partial charge in [-0.2, -0.15) is 0 Å². The van der Waals surface area contributed by atoms with Crippen LogP contribution in [0, 0.1) is 0 Å². The lowest BCUT2D eigenvalue weighted by atomic mass is 10.0. The highest BCUT2D eigenvalue weighted by Gasteiger charge is 2.29. The Bertz CT molecular complexity index is 527.